The lowest BCUT2D eigenvalue weighted by Crippen LogP contribution is -2.13. The van der Waals surface area contributed by atoms with Gasteiger partial charge in [-0.1, -0.05) is 29.8 Å². The van der Waals surface area contributed by atoms with Crippen LogP contribution in [0.25, 0.3) is 17.3 Å². The Morgan fingerprint density at radius 2 is 2.07 bits per heavy atom. The first-order chi connectivity index (χ1) is 13.1. The Bertz CT molecular complexity index is 1030. The summed E-state index contributed by atoms with van der Waals surface area (Å²) >= 11 is 5.92. The number of benzene rings is 2. The van der Waals surface area contributed by atoms with Crippen molar-refractivity contribution in [3.05, 3.63) is 70.9 Å². The zero-order valence-corrected chi connectivity index (χ0v) is 15.1. The number of methoxy groups -OCH3 is 1. The molecule has 2 aromatic carbocycles. The average molecular weight is 379 g/mol. The van der Waals surface area contributed by atoms with Crippen molar-refractivity contribution in [2.24, 2.45) is 0 Å². The van der Waals surface area contributed by atoms with Crippen LogP contribution in [0, 0.1) is 11.3 Å². The van der Waals surface area contributed by atoms with Crippen LogP contribution < -0.4 is 10.1 Å². The van der Waals surface area contributed by atoms with Gasteiger partial charge in [0.2, 0.25) is 0 Å². The van der Waals surface area contributed by atoms with Crippen LogP contribution in [0.4, 0.5) is 5.69 Å². The number of ether oxygens (including phenoxy) is 1. The molecule has 3 aromatic rings. The highest BCUT2D eigenvalue weighted by Crippen LogP contribution is 2.25. The van der Waals surface area contributed by atoms with Crippen molar-refractivity contribution >= 4 is 29.3 Å². The summed E-state index contributed by atoms with van der Waals surface area (Å²) in [5, 5.41) is 19.6. The van der Waals surface area contributed by atoms with Gasteiger partial charge in [-0.2, -0.15) is 10.4 Å². The zero-order chi connectivity index (χ0) is 19.2. The molecule has 6 nitrogen and oxygen atoms in total. The number of nitrogens with zero attached hydrogens (tertiary/aromatic N) is 2. The number of aromatic nitrogens is 2. The molecule has 27 heavy (non-hydrogen) atoms. The van der Waals surface area contributed by atoms with E-state index in [0.717, 1.165) is 5.56 Å². The second kappa shape index (κ2) is 8.21. The van der Waals surface area contributed by atoms with E-state index in [1.807, 2.05) is 18.2 Å². The van der Waals surface area contributed by atoms with Gasteiger partial charge in [0, 0.05) is 27.9 Å². The molecule has 0 fully saturated rings. The van der Waals surface area contributed by atoms with Crippen LogP contribution in [0.3, 0.4) is 0 Å². The maximum Gasteiger partial charge on any atom is 0.266 e. The predicted molar refractivity (Wildman–Crippen MR) is 104 cm³/mol. The fourth-order valence-electron chi connectivity index (χ4n) is 2.46. The number of amides is 1. The molecule has 0 saturated carbocycles. The van der Waals surface area contributed by atoms with Crippen molar-refractivity contribution in [3.8, 4) is 23.1 Å². The van der Waals surface area contributed by atoms with Crippen molar-refractivity contribution in [2.75, 3.05) is 12.4 Å². The third kappa shape index (κ3) is 4.35. The monoisotopic (exact) mass is 378 g/mol. The molecule has 0 saturated heterocycles. The van der Waals surface area contributed by atoms with Crippen molar-refractivity contribution in [1.82, 2.24) is 10.2 Å². The maximum absolute atomic E-state index is 12.5. The van der Waals surface area contributed by atoms with Gasteiger partial charge in [0.05, 0.1) is 19.0 Å². The van der Waals surface area contributed by atoms with E-state index in [9.17, 15) is 10.1 Å². The van der Waals surface area contributed by atoms with E-state index in [1.54, 1.807) is 49.7 Å². The normalized spacial score (nSPS) is 10.9. The van der Waals surface area contributed by atoms with Crippen molar-refractivity contribution in [2.45, 2.75) is 0 Å². The van der Waals surface area contributed by atoms with E-state index in [0.29, 0.717) is 27.7 Å². The molecule has 0 unspecified atom stereocenters. The molecule has 0 aliphatic heterocycles. The summed E-state index contributed by atoms with van der Waals surface area (Å²) in [6.45, 7) is 0. The smallest absolute Gasteiger partial charge is 0.266 e. The molecule has 0 aliphatic carbocycles. The molecule has 3 rings (SSSR count). The molecule has 0 spiro atoms. The number of hydrogen-bond acceptors (Lipinski definition) is 4. The van der Waals surface area contributed by atoms with E-state index in [-0.39, 0.29) is 5.57 Å². The Morgan fingerprint density at radius 3 is 2.78 bits per heavy atom. The number of aromatic amines is 1. The van der Waals surface area contributed by atoms with Crippen LogP contribution in [0.2, 0.25) is 5.02 Å². The van der Waals surface area contributed by atoms with Crippen LogP contribution in [-0.4, -0.2) is 23.2 Å². The minimum atomic E-state index is -0.519. The number of H-pyrrole nitrogens is 1. The molecule has 1 aromatic heterocycles. The maximum atomic E-state index is 12.5. The summed E-state index contributed by atoms with van der Waals surface area (Å²) < 4.78 is 5.13. The first-order valence-corrected chi connectivity index (χ1v) is 8.35. The summed E-state index contributed by atoms with van der Waals surface area (Å²) in [6, 6.07) is 16.0. The molecule has 7 heteroatoms. The van der Waals surface area contributed by atoms with Crippen molar-refractivity contribution in [3.63, 3.8) is 0 Å². The summed E-state index contributed by atoms with van der Waals surface area (Å²) in [6.07, 6.45) is 3.04. The summed E-state index contributed by atoms with van der Waals surface area (Å²) in [4.78, 5) is 12.5. The minimum Gasteiger partial charge on any atom is -0.497 e. The lowest BCUT2D eigenvalue weighted by molar-refractivity contribution is -0.112. The Kier molecular flexibility index (Phi) is 5.55. The number of halogens is 1. The van der Waals surface area contributed by atoms with Crippen LogP contribution >= 0.6 is 11.6 Å². The van der Waals surface area contributed by atoms with E-state index in [2.05, 4.69) is 15.5 Å². The van der Waals surface area contributed by atoms with Gasteiger partial charge in [0.1, 0.15) is 17.4 Å². The van der Waals surface area contributed by atoms with Crippen molar-refractivity contribution in [1.29, 1.82) is 5.26 Å². The van der Waals surface area contributed by atoms with Gasteiger partial charge in [-0.3, -0.25) is 9.89 Å². The van der Waals surface area contributed by atoms with Crippen LogP contribution in [-0.2, 0) is 4.79 Å². The molecule has 0 bridgehead atoms. The number of nitriles is 1. The largest absolute Gasteiger partial charge is 0.497 e. The van der Waals surface area contributed by atoms with Gasteiger partial charge in [-0.05, 0) is 30.3 Å². The second-order valence-corrected chi connectivity index (χ2v) is 6.00. The molecular weight excluding hydrogens is 364 g/mol. The number of rotatable bonds is 5. The Morgan fingerprint density at radius 1 is 1.30 bits per heavy atom. The molecule has 0 atom stereocenters. The third-order valence-electron chi connectivity index (χ3n) is 3.79. The molecule has 0 radical (unpaired) electrons. The van der Waals surface area contributed by atoms with E-state index >= 15 is 0 Å². The van der Waals surface area contributed by atoms with Gasteiger partial charge in [-0.25, -0.2) is 0 Å². The zero-order valence-electron chi connectivity index (χ0n) is 14.4. The fourth-order valence-corrected chi connectivity index (χ4v) is 2.58. The van der Waals surface area contributed by atoms with Gasteiger partial charge in [0.25, 0.3) is 5.91 Å². The molecule has 134 valence electrons. The number of anilines is 1. The molecule has 2 N–H and O–H groups in total. The van der Waals surface area contributed by atoms with Gasteiger partial charge < -0.3 is 10.1 Å². The van der Waals surface area contributed by atoms with Crippen molar-refractivity contribution < 1.29 is 9.53 Å². The Labute approximate surface area is 161 Å². The van der Waals surface area contributed by atoms with Gasteiger partial charge >= 0.3 is 0 Å². The lowest BCUT2D eigenvalue weighted by Gasteiger charge is -2.06. The predicted octanol–water partition coefficient (Wildman–Crippen LogP) is 4.28. The first-order valence-electron chi connectivity index (χ1n) is 7.97. The second-order valence-electron chi connectivity index (χ2n) is 5.56. The summed E-state index contributed by atoms with van der Waals surface area (Å²) in [5.74, 6) is 0.0872. The Balaban J connectivity index is 1.86. The Hall–Kier alpha value is -3.56. The topological polar surface area (TPSA) is 90.8 Å². The lowest BCUT2D eigenvalue weighted by atomic mass is 10.1. The third-order valence-corrected chi connectivity index (χ3v) is 4.05. The van der Waals surface area contributed by atoms with Gasteiger partial charge in [-0.15, -0.1) is 0 Å². The number of carbonyl (C=O) groups is 1. The van der Waals surface area contributed by atoms with E-state index in [1.165, 1.54) is 6.08 Å². The first kappa shape index (κ1) is 18.2. The number of nitrogens with one attached hydrogen (secondary N) is 2. The highest BCUT2D eigenvalue weighted by Gasteiger charge is 2.13. The minimum absolute atomic E-state index is 0.0468. The molecule has 1 heterocycles. The molecular formula is C20H15ClN4O2. The van der Waals surface area contributed by atoms with E-state index in [4.69, 9.17) is 16.3 Å². The van der Waals surface area contributed by atoms with E-state index < -0.39 is 5.91 Å². The van der Waals surface area contributed by atoms with Crippen LogP contribution in [0.1, 0.15) is 5.56 Å². The highest BCUT2D eigenvalue weighted by molar-refractivity contribution is 6.30. The fraction of sp³-hybridized carbons (Fsp3) is 0.0500. The van der Waals surface area contributed by atoms with Crippen LogP contribution in [0.5, 0.6) is 5.75 Å². The summed E-state index contributed by atoms with van der Waals surface area (Å²) in [5.41, 5.74) is 2.64. The average Bonchev–Trinajstić information content (AvgIpc) is 3.15. The molecule has 1 amide bonds. The number of hydrogen-bond donors (Lipinski definition) is 2. The van der Waals surface area contributed by atoms with Gasteiger partial charge in [0.15, 0.2) is 0 Å². The standard InChI is InChI=1S/C20H15ClN4O2/c1-27-18-4-2-3-17(10-18)24-20(26)14(11-22)9-15-12-23-25-19(15)13-5-7-16(21)8-6-13/h2-10,12H,1H3,(H,23,25)(H,24,26). The highest BCUT2D eigenvalue weighted by atomic mass is 35.5. The van der Waals surface area contributed by atoms with Crippen LogP contribution in [0.15, 0.2) is 60.3 Å². The number of carbonyl (C=O) groups excluding carboxylic acids is 1. The molecule has 0 aliphatic rings. The SMILES string of the molecule is COc1cccc(NC(=O)C(C#N)=Cc2cn[nH]c2-c2ccc(Cl)cc2)c1. The quantitative estimate of drug-likeness (QED) is 0.512. The summed E-state index contributed by atoms with van der Waals surface area (Å²) in [7, 11) is 1.54.